The molecular weight excluding hydrogens is 600 g/mol. The van der Waals surface area contributed by atoms with E-state index in [2.05, 4.69) is 21.2 Å². The van der Waals surface area contributed by atoms with Gasteiger partial charge in [0.15, 0.2) is 11.5 Å². The quantitative estimate of drug-likeness (QED) is 0.230. The molecule has 0 radical (unpaired) electrons. The summed E-state index contributed by atoms with van der Waals surface area (Å²) in [5.41, 5.74) is 1.66. The molecule has 0 saturated carbocycles. The van der Waals surface area contributed by atoms with Crippen LogP contribution in [0.15, 0.2) is 69.5 Å². The molecule has 196 valence electrons. The number of hydrogen-bond acceptors (Lipinski definition) is 7. The van der Waals surface area contributed by atoms with Gasteiger partial charge >= 0.3 is 16.1 Å². The summed E-state index contributed by atoms with van der Waals surface area (Å²) in [6.07, 6.45) is 1.25. The maximum atomic E-state index is 13.3. The highest BCUT2D eigenvalue weighted by atomic mass is 79.9. The van der Waals surface area contributed by atoms with Gasteiger partial charge in [0, 0.05) is 5.02 Å². The molecule has 0 unspecified atom stereocenters. The van der Waals surface area contributed by atoms with Crippen molar-refractivity contribution in [3.05, 3.63) is 86.4 Å². The van der Waals surface area contributed by atoms with Crippen LogP contribution in [0.2, 0.25) is 5.02 Å². The average Bonchev–Trinajstić information content (AvgIpc) is 2.85. The second-order valence-corrected chi connectivity index (χ2v) is 11.1. The minimum atomic E-state index is -4.19. The largest absolute Gasteiger partial charge is 0.493 e. The number of methoxy groups -OCH3 is 1. The van der Waals surface area contributed by atoms with Gasteiger partial charge in [0.05, 0.1) is 17.3 Å². The van der Waals surface area contributed by atoms with E-state index >= 15 is 0 Å². The van der Waals surface area contributed by atoms with Gasteiger partial charge in [-0.05, 0) is 83.4 Å². The van der Waals surface area contributed by atoms with Crippen LogP contribution in [-0.2, 0) is 19.7 Å². The number of halogens is 2. The van der Waals surface area contributed by atoms with E-state index in [1.807, 2.05) is 6.92 Å². The Morgan fingerprint density at radius 3 is 2.34 bits per heavy atom. The van der Waals surface area contributed by atoms with Gasteiger partial charge < -0.3 is 8.92 Å². The summed E-state index contributed by atoms with van der Waals surface area (Å²) in [6, 6.07) is 12.8. The molecule has 1 saturated heterocycles. The number of benzene rings is 3. The number of anilines is 1. The van der Waals surface area contributed by atoms with E-state index in [1.54, 1.807) is 31.2 Å². The fourth-order valence-corrected chi connectivity index (χ4v) is 5.40. The van der Waals surface area contributed by atoms with Crippen LogP contribution in [0.5, 0.6) is 11.5 Å². The molecule has 1 heterocycles. The minimum Gasteiger partial charge on any atom is -0.493 e. The highest BCUT2D eigenvalue weighted by Gasteiger charge is 2.37. The molecule has 0 bridgehead atoms. The lowest BCUT2D eigenvalue weighted by molar-refractivity contribution is -0.122. The average molecular weight is 620 g/mol. The SMILES string of the molecule is COc1cc(/C=C2\C(=O)NC(=O)N(c3cc(Cl)ccc3C)C2=O)cc(Br)c1OS(=O)(=O)c1ccc(C)cc1. The predicted molar refractivity (Wildman–Crippen MR) is 145 cm³/mol. The zero-order valence-electron chi connectivity index (χ0n) is 20.2. The molecule has 1 fully saturated rings. The summed E-state index contributed by atoms with van der Waals surface area (Å²) < 4.78 is 36.5. The van der Waals surface area contributed by atoms with Crippen molar-refractivity contribution in [2.75, 3.05) is 12.0 Å². The topological polar surface area (TPSA) is 119 Å². The van der Waals surface area contributed by atoms with E-state index in [9.17, 15) is 22.8 Å². The number of nitrogens with one attached hydrogen (secondary N) is 1. The normalized spacial score (nSPS) is 15.0. The Balaban J connectivity index is 1.72. The Bertz CT molecular complexity index is 1620. The van der Waals surface area contributed by atoms with E-state index in [0.717, 1.165) is 10.5 Å². The Kier molecular flexibility index (Phi) is 7.63. The molecule has 0 aromatic heterocycles. The Labute approximate surface area is 232 Å². The van der Waals surface area contributed by atoms with Gasteiger partial charge in [-0.25, -0.2) is 9.69 Å². The van der Waals surface area contributed by atoms with E-state index < -0.39 is 28.0 Å². The van der Waals surface area contributed by atoms with Crippen LogP contribution in [-0.4, -0.2) is 33.4 Å². The van der Waals surface area contributed by atoms with Crippen LogP contribution in [0.1, 0.15) is 16.7 Å². The Morgan fingerprint density at radius 1 is 1.00 bits per heavy atom. The highest BCUT2D eigenvalue weighted by molar-refractivity contribution is 9.10. The molecule has 4 rings (SSSR count). The number of aryl methyl sites for hydroxylation is 2. The molecule has 0 aliphatic carbocycles. The number of carbonyl (C=O) groups is 3. The molecule has 38 heavy (non-hydrogen) atoms. The van der Waals surface area contributed by atoms with Gasteiger partial charge in [0.2, 0.25) is 0 Å². The fraction of sp³-hybridized carbons (Fsp3) is 0.115. The second-order valence-electron chi connectivity index (χ2n) is 8.27. The van der Waals surface area contributed by atoms with Crippen molar-refractivity contribution in [2.24, 2.45) is 0 Å². The Morgan fingerprint density at radius 2 is 1.68 bits per heavy atom. The van der Waals surface area contributed by atoms with Gasteiger partial charge in [0.1, 0.15) is 10.5 Å². The van der Waals surface area contributed by atoms with E-state index in [-0.39, 0.29) is 32.1 Å². The lowest BCUT2D eigenvalue weighted by atomic mass is 10.1. The van der Waals surface area contributed by atoms with Crippen LogP contribution >= 0.6 is 27.5 Å². The van der Waals surface area contributed by atoms with E-state index in [4.69, 9.17) is 20.5 Å². The Hall–Kier alpha value is -3.67. The monoisotopic (exact) mass is 618 g/mol. The van der Waals surface area contributed by atoms with Gasteiger partial charge in [-0.2, -0.15) is 8.42 Å². The molecule has 9 nitrogen and oxygen atoms in total. The lowest BCUT2D eigenvalue weighted by Gasteiger charge is -2.27. The highest BCUT2D eigenvalue weighted by Crippen LogP contribution is 2.39. The number of ether oxygens (including phenoxy) is 1. The van der Waals surface area contributed by atoms with Gasteiger partial charge in [-0.1, -0.05) is 35.4 Å². The zero-order valence-corrected chi connectivity index (χ0v) is 23.4. The number of barbiturate groups is 1. The molecule has 1 aliphatic heterocycles. The van der Waals surface area contributed by atoms with Crippen molar-refractivity contribution in [1.29, 1.82) is 0 Å². The number of carbonyl (C=O) groups excluding carboxylic acids is 3. The number of urea groups is 1. The number of imide groups is 2. The minimum absolute atomic E-state index is 0.0178. The summed E-state index contributed by atoms with van der Waals surface area (Å²) in [5.74, 6) is -1.86. The van der Waals surface area contributed by atoms with Crippen molar-refractivity contribution in [3.8, 4) is 11.5 Å². The lowest BCUT2D eigenvalue weighted by Crippen LogP contribution is -2.54. The van der Waals surface area contributed by atoms with Crippen molar-refractivity contribution in [2.45, 2.75) is 18.7 Å². The third-order valence-electron chi connectivity index (χ3n) is 5.58. The molecule has 1 N–H and O–H groups in total. The predicted octanol–water partition coefficient (Wildman–Crippen LogP) is 5.16. The standard InChI is InChI=1S/C26H20BrClN2O7S/c1-14-4-8-18(9-5-14)38(34,35)37-23-20(27)11-16(12-22(23)36-3)10-19-24(31)29-26(33)30(25(19)32)21-13-17(28)7-6-15(21)2/h4-13H,1-3H3,(H,29,31,33)/b19-10+. The molecule has 1 aliphatic rings. The fourth-order valence-electron chi connectivity index (χ4n) is 3.63. The first-order valence-electron chi connectivity index (χ1n) is 11.0. The summed E-state index contributed by atoms with van der Waals surface area (Å²) in [7, 11) is -2.88. The number of rotatable bonds is 6. The van der Waals surface area contributed by atoms with Crippen molar-refractivity contribution in [1.82, 2.24) is 5.32 Å². The first-order chi connectivity index (χ1) is 17.9. The molecule has 12 heteroatoms. The molecule has 3 aromatic rings. The van der Waals surface area contributed by atoms with Crippen LogP contribution in [0.25, 0.3) is 6.08 Å². The number of hydrogen-bond donors (Lipinski definition) is 1. The van der Waals surface area contributed by atoms with Crippen LogP contribution in [0.4, 0.5) is 10.5 Å². The number of nitrogens with zero attached hydrogens (tertiary/aromatic N) is 1. The maximum Gasteiger partial charge on any atom is 0.339 e. The van der Waals surface area contributed by atoms with Crippen LogP contribution in [0, 0.1) is 13.8 Å². The van der Waals surface area contributed by atoms with Gasteiger partial charge in [-0.3, -0.25) is 14.9 Å². The summed E-state index contributed by atoms with van der Waals surface area (Å²) in [6.45, 7) is 3.52. The van der Waals surface area contributed by atoms with Crippen molar-refractivity contribution in [3.63, 3.8) is 0 Å². The van der Waals surface area contributed by atoms with E-state index in [1.165, 1.54) is 43.5 Å². The summed E-state index contributed by atoms with van der Waals surface area (Å²) in [4.78, 5) is 39.2. The first kappa shape index (κ1) is 27.4. The third-order valence-corrected chi connectivity index (χ3v) is 7.64. The zero-order chi connectivity index (χ0) is 27.8. The van der Waals surface area contributed by atoms with Crippen molar-refractivity contribution < 1.29 is 31.7 Å². The van der Waals surface area contributed by atoms with Crippen LogP contribution < -0.4 is 19.1 Å². The molecule has 0 spiro atoms. The van der Waals surface area contributed by atoms with E-state index in [0.29, 0.717) is 16.1 Å². The molecule has 3 aromatic carbocycles. The van der Waals surface area contributed by atoms with Crippen molar-refractivity contribution >= 4 is 67.3 Å². The third kappa shape index (κ3) is 5.45. The van der Waals surface area contributed by atoms with Crippen LogP contribution in [0.3, 0.4) is 0 Å². The maximum absolute atomic E-state index is 13.3. The number of amides is 4. The molecular formula is C26H20BrClN2O7S. The molecule has 0 atom stereocenters. The first-order valence-corrected chi connectivity index (χ1v) is 13.6. The van der Waals surface area contributed by atoms with Gasteiger partial charge in [-0.15, -0.1) is 0 Å². The van der Waals surface area contributed by atoms with Gasteiger partial charge in [0.25, 0.3) is 11.8 Å². The smallest absolute Gasteiger partial charge is 0.339 e. The summed E-state index contributed by atoms with van der Waals surface area (Å²) >= 11 is 9.34. The molecule has 4 amide bonds. The summed E-state index contributed by atoms with van der Waals surface area (Å²) in [5, 5.41) is 2.46. The second kappa shape index (κ2) is 10.6.